The minimum Gasteiger partial charge on any atom is -0.490 e. The molecular formula is C14H14ClN3O. The van der Waals surface area contributed by atoms with Crippen molar-refractivity contribution in [3.05, 3.63) is 46.2 Å². The summed E-state index contributed by atoms with van der Waals surface area (Å²) in [7, 11) is 0. The first-order valence-corrected chi connectivity index (χ1v) is 6.32. The molecule has 1 aromatic carbocycles. The SMILES string of the molecule is Cc1nn(CCOc2ccccc2C#N)c(C)c1Cl. The van der Waals surface area contributed by atoms with E-state index in [4.69, 9.17) is 21.6 Å². The van der Waals surface area contributed by atoms with Gasteiger partial charge in [-0.2, -0.15) is 10.4 Å². The molecule has 4 nitrogen and oxygen atoms in total. The topological polar surface area (TPSA) is 50.8 Å². The van der Waals surface area contributed by atoms with E-state index in [0.717, 1.165) is 11.4 Å². The summed E-state index contributed by atoms with van der Waals surface area (Å²) in [6.07, 6.45) is 0. The molecule has 1 aromatic heterocycles. The Kier molecular flexibility index (Phi) is 4.08. The molecule has 0 saturated carbocycles. The molecule has 5 heteroatoms. The van der Waals surface area contributed by atoms with Crippen molar-refractivity contribution in [2.45, 2.75) is 20.4 Å². The summed E-state index contributed by atoms with van der Waals surface area (Å²) in [4.78, 5) is 0. The van der Waals surface area contributed by atoms with Crippen molar-refractivity contribution >= 4 is 11.6 Å². The van der Waals surface area contributed by atoms with Gasteiger partial charge in [-0.25, -0.2) is 0 Å². The van der Waals surface area contributed by atoms with E-state index in [-0.39, 0.29) is 0 Å². The van der Waals surface area contributed by atoms with Crippen molar-refractivity contribution in [3.8, 4) is 11.8 Å². The Balaban J connectivity index is 2.01. The van der Waals surface area contributed by atoms with E-state index >= 15 is 0 Å². The molecule has 0 bridgehead atoms. The van der Waals surface area contributed by atoms with Crippen LogP contribution in [0.4, 0.5) is 0 Å². The summed E-state index contributed by atoms with van der Waals surface area (Å²) in [5.74, 6) is 0.595. The van der Waals surface area contributed by atoms with E-state index in [1.165, 1.54) is 0 Å². The van der Waals surface area contributed by atoms with Crippen molar-refractivity contribution in [3.63, 3.8) is 0 Å². The van der Waals surface area contributed by atoms with Crippen LogP contribution >= 0.6 is 11.6 Å². The zero-order valence-corrected chi connectivity index (χ0v) is 11.6. The van der Waals surface area contributed by atoms with Gasteiger partial charge in [-0.3, -0.25) is 4.68 Å². The Bertz CT molecular complexity index is 628. The second-order valence-corrected chi connectivity index (χ2v) is 4.54. The zero-order chi connectivity index (χ0) is 13.8. The summed E-state index contributed by atoms with van der Waals surface area (Å²) < 4.78 is 7.42. The van der Waals surface area contributed by atoms with Crippen LogP contribution in [0.5, 0.6) is 5.75 Å². The summed E-state index contributed by atoms with van der Waals surface area (Å²) in [6.45, 7) is 4.83. The van der Waals surface area contributed by atoms with Crippen LogP contribution < -0.4 is 4.74 Å². The van der Waals surface area contributed by atoms with E-state index in [2.05, 4.69) is 11.2 Å². The van der Waals surface area contributed by atoms with Crippen LogP contribution in [0.15, 0.2) is 24.3 Å². The summed E-state index contributed by atoms with van der Waals surface area (Å²) in [5.41, 5.74) is 2.28. The molecule has 0 fully saturated rings. The number of para-hydroxylation sites is 1. The fraction of sp³-hybridized carbons (Fsp3) is 0.286. The molecule has 0 N–H and O–H groups in total. The Hall–Kier alpha value is -1.99. The number of hydrogen-bond acceptors (Lipinski definition) is 3. The molecule has 0 atom stereocenters. The quantitative estimate of drug-likeness (QED) is 0.861. The number of nitriles is 1. The van der Waals surface area contributed by atoms with Crippen molar-refractivity contribution in [2.75, 3.05) is 6.61 Å². The third kappa shape index (κ3) is 2.88. The van der Waals surface area contributed by atoms with Crippen LogP contribution in [0.2, 0.25) is 5.02 Å². The van der Waals surface area contributed by atoms with Gasteiger partial charge in [0.25, 0.3) is 0 Å². The maximum atomic E-state index is 8.95. The minimum absolute atomic E-state index is 0.441. The molecule has 98 valence electrons. The van der Waals surface area contributed by atoms with Crippen LogP contribution in [-0.2, 0) is 6.54 Å². The molecule has 0 unspecified atom stereocenters. The second kappa shape index (κ2) is 5.77. The Labute approximate surface area is 117 Å². The average Bonchev–Trinajstić information content (AvgIpc) is 2.67. The number of halogens is 1. The maximum absolute atomic E-state index is 8.95. The molecule has 0 amide bonds. The molecular weight excluding hydrogens is 262 g/mol. The van der Waals surface area contributed by atoms with Crippen molar-refractivity contribution in [1.29, 1.82) is 5.26 Å². The van der Waals surface area contributed by atoms with Crippen LogP contribution in [0.1, 0.15) is 17.0 Å². The Morgan fingerprint density at radius 3 is 2.74 bits per heavy atom. The first-order chi connectivity index (χ1) is 9.13. The highest BCUT2D eigenvalue weighted by atomic mass is 35.5. The molecule has 0 spiro atoms. The number of benzene rings is 1. The molecule has 0 aliphatic carbocycles. The molecule has 1 heterocycles. The number of aryl methyl sites for hydroxylation is 1. The standard InChI is InChI=1S/C14H14ClN3O/c1-10-14(15)11(2)18(17-10)7-8-19-13-6-4-3-5-12(13)9-16/h3-6H,7-8H2,1-2H3. The van der Waals surface area contributed by atoms with Crippen LogP contribution in [0, 0.1) is 25.2 Å². The van der Waals surface area contributed by atoms with E-state index in [0.29, 0.717) is 29.5 Å². The van der Waals surface area contributed by atoms with Gasteiger partial charge in [0, 0.05) is 0 Å². The van der Waals surface area contributed by atoms with Gasteiger partial charge in [0.1, 0.15) is 18.4 Å². The number of rotatable bonds is 4. The lowest BCUT2D eigenvalue weighted by Crippen LogP contribution is -2.11. The van der Waals surface area contributed by atoms with Gasteiger partial charge in [0.05, 0.1) is 28.5 Å². The summed E-state index contributed by atoms with van der Waals surface area (Å²) in [6, 6.07) is 9.27. The predicted molar refractivity (Wildman–Crippen MR) is 73.4 cm³/mol. The number of ether oxygens (including phenoxy) is 1. The van der Waals surface area contributed by atoms with E-state index in [1.54, 1.807) is 12.1 Å². The highest BCUT2D eigenvalue weighted by Crippen LogP contribution is 2.19. The Morgan fingerprint density at radius 2 is 2.11 bits per heavy atom. The van der Waals surface area contributed by atoms with E-state index in [1.807, 2.05) is 30.7 Å². The van der Waals surface area contributed by atoms with Crippen molar-refractivity contribution in [2.24, 2.45) is 0 Å². The predicted octanol–water partition coefficient (Wildman–Crippen LogP) is 3.10. The average molecular weight is 276 g/mol. The van der Waals surface area contributed by atoms with Crippen LogP contribution in [0.25, 0.3) is 0 Å². The van der Waals surface area contributed by atoms with Crippen molar-refractivity contribution in [1.82, 2.24) is 9.78 Å². The lowest BCUT2D eigenvalue weighted by molar-refractivity contribution is 0.289. The summed E-state index contributed by atoms with van der Waals surface area (Å²) in [5, 5.41) is 14.0. The van der Waals surface area contributed by atoms with Gasteiger partial charge in [-0.05, 0) is 26.0 Å². The first-order valence-electron chi connectivity index (χ1n) is 5.95. The monoisotopic (exact) mass is 275 g/mol. The smallest absolute Gasteiger partial charge is 0.137 e. The Morgan fingerprint density at radius 1 is 1.37 bits per heavy atom. The highest BCUT2D eigenvalue weighted by Gasteiger charge is 2.09. The second-order valence-electron chi connectivity index (χ2n) is 4.16. The molecule has 2 rings (SSSR count). The maximum Gasteiger partial charge on any atom is 0.137 e. The summed E-state index contributed by atoms with van der Waals surface area (Å²) >= 11 is 6.07. The number of hydrogen-bond donors (Lipinski definition) is 0. The van der Waals surface area contributed by atoms with Crippen molar-refractivity contribution < 1.29 is 4.74 Å². The zero-order valence-electron chi connectivity index (χ0n) is 10.9. The minimum atomic E-state index is 0.441. The first kappa shape index (κ1) is 13.4. The largest absolute Gasteiger partial charge is 0.490 e. The molecule has 0 aliphatic heterocycles. The third-order valence-electron chi connectivity index (χ3n) is 2.86. The highest BCUT2D eigenvalue weighted by molar-refractivity contribution is 6.31. The van der Waals surface area contributed by atoms with E-state index < -0.39 is 0 Å². The lowest BCUT2D eigenvalue weighted by atomic mass is 10.2. The van der Waals surface area contributed by atoms with Crippen LogP contribution in [0.3, 0.4) is 0 Å². The molecule has 0 radical (unpaired) electrons. The van der Waals surface area contributed by atoms with Gasteiger partial charge < -0.3 is 4.74 Å². The molecule has 0 saturated heterocycles. The third-order valence-corrected chi connectivity index (χ3v) is 3.41. The molecule has 0 aliphatic rings. The van der Waals surface area contributed by atoms with E-state index in [9.17, 15) is 0 Å². The van der Waals surface area contributed by atoms with Gasteiger partial charge in [-0.1, -0.05) is 23.7 Å². The molecule has 19 heavy (non-hydrogen) atoms. The van der Waals surface area contributed by atoms with Gasteiger partial charge in [-0.15, -0.1) is 0 Å². The van der Waals surface area contributed by atoms with Gasteiger partial charge in [0.2, 0.25) is 0 Å². The normalized spacial score (nSPS) is 10.2. The van der Waals surface area contributed by atoms with Crippen LogP contribution in [-0.4, -0.2) is 16.4 Å². The number of nitrogens with zero attached hydrogens (tertiary/aromatic N) is 3. The molecule has 2 aromatic rings. The lowest BCUT2D eigenvalue weighted by Gasteiger charge is -2.08. The van der Waals surface area contributed by atoms with Gasteiger partial charge >= 0.3 is 0 Å². The number of aromatic nitrogens is 2. The van der Waals surface area contributed by atoms with Gasteiger partial charge in [0.15, 0.2) is 0 Å². The fourth-order valence-corrected chi connectivity index (χ4v) is 1.96. The fourth-order valence-electron chi connectivity index (χ4n) is 1.82.